The van der Waals surface area contributed by atoms with Gasteiger partial charge in [-0.15, -0.1) is 6.42 Å². The van der Waals surface area contributed by atoms with Crippen LogP contribution in [0.2, 0.25) is 0 Å². The molecule has 3 aromatic rings. The maximum Gasteiger partial charge on any atom is 0.519 e. The molecule has 8 heterocycles. The molecule has 8 aliphatic rings. The number of phenolic OH excluding ortho intramolecular Hbond substituents is 1. The summed E-state index contributed by atoms with van der Waals surface area (Å²) in [6.07, 6.45) is 10.6. The van der Waals surface area contributed by atoms with Gasteiger partial charge in [-0.2, -0.15) is 0 Å². The molecular formula is C42H39F4N5O5. The van der Waals surface area contributed by atoms with E-state index in [4.69, 9.17) is 25.0 Å². The SMILES string of the molecule is C#Cc1c(F)ccc2cc(O)cc(C3=C(F)C=C(OC[C@@]45CCCN4C[C@H](F)C5)N4C5=NCN6C7=C5[C@@H](CCCC4=C3F)[C@H](CC7)N6Cc3oc(=O)oc3C)c12. The van der Waals surface area contributed by atoms with Crippen molar-refractivity contribution >= 4 is 22.2 Å². The topological polar surface area (TPSA) is 98.1 Å². The minimum absolute atomic E-state index is 0.00428. The molecule has 4 atom stereocenters. The summed E-state index contributed by atoms with van der Waals surface area (Å²) in [4.78, 5) is 20.7. The number of ether oxygens (including phenoxy) is 1. The molecule has 290 valence electrons. The molecule has 4 fully saturated rings. The average Bonchev–Trinajstić information content (AvgIpc) is 3.78. The van der Waals surface area contributed by atoms with Gasteiger partial charge in [0.2, 0.25) is 5.88 Å². The fourth-order valence-corrected chi connectivity index (χ4v) is 10.5. The normalized spacial score (nSPS) is 27.6. The van der Waals surface area contributed by atoms with Crippen molar-refractivity contribution in [3.05, 3.63) is 104 Å². The maximum atomic E-state index is 17.8. The lowest BCUT2D eigenvalue weighted by atomic mass is 9.73. The van der Waals surface area contributed by atoms with Crippen LogP contribution in [0, 0.1) is 31.0 Å². The second-order valence-corrected chi connectivity index (χ2v) is 15.8. The standard InChI is InChI=1S/C42H39F4N5O5/c1-3-26-29(44)9-8-23-14-25(52)15-28(36(23)26)37-30(45)16-35(54-20-42-12-5-13-48(42)18-24(43)17-42)51-33(39(37)46)7-4-6-27-31-10-11-32-38(27)40(51)47-21-50(32)49(31)19-34-22(2)55-41(53)56-34/h1,8-9,14-16,24,27,31,52H,4-7,10-13,17-21H2,2H3/t24-,27+,31+,42+/m1/s1. The molecule has 1 N–H and O–H groups in total. The summed E-state index contributed by atoms with van der Waals surface area (Å²) in [6.45, 7) is 3.23. The number of allylic oxidation sites excluding steroid dienone is 6. The van der Waals surface area contributed by atoms with Crippen molar-refractivity contribution in [3.63, 3.8) is 0 Å². The number of benzene rings is 2. The van der Waals surface area contributed by atoms with Gasteiger partial charge in [-0.05, 0) is 82.0 Å². The molecule has 14 heteroatoms. The number of fused-ring (bicyclic) bond motifs is 5. The number of hydrogen-bond donors (Lipinski definition) is 1. The molecular weight excluding hydrogens is 730 g/mol. The van der Waals surface area contributed by atoms with E-state index in [2.05, 4.69) is 20.8 Å². The minimum atomic E-state index is -1.02. The average molecular weight is 770 g/mol. The molecule has 0 amide bonds. The van der Waals surface area contributed by atoms with Crippen molar-refractivity contribution < 1.29 is 36.2 Å². The number of aryl methyl sites for hydroxylation is 1. The van der Waals surface area contributed by atoms with E-state index in [-0.39, 0.29) is 71.9 Å². The van der Waals surface area contributed by atoms with E-state index in [1.54, 1.807) is 11.8 Å². The van der Waals surface area contributed by atoms with Crippen molar-refractivity contribution in [2.75, 3.05) is 26.4 Å². The highest BCUT2D eigenvalue weighted by atomic mass is 19.1. The van der Waals surface area contributed by atoms with Gasteiger partial charge < -0.3 is 18.7 Å². The van der Waals surface area contributed by atoms with Gasteiger partial charge in [-0.3, -0.25) is 14.8 Å². The number of halogens is 4. The zero-order valence-corrected chi connectivity index (χ0v) is 30.7. The van der Waals surface area contributed by atoms with Crippen LogP contribution in [0.1, 0.15) is 74.0 Å². The summed E-state index contributed by atoms with van der Waals surface area (Å²) >= 11 is 0. The zero-order chi connectivity index (χ0) is 38.6. The lowest BCUT2D eigenvalue weighted by Crippen LogP contribution is -2.62. The van der Waals surface area contributed by atoms with E-state index >= 15 is 13.2 Å². The van der Waals surface area contributed by atoms with Gasteiger partial charge in [0.15, 0.2) is 11.6 Å². The zero-order valence-electron chi connectivity index (χ0n) is 30.7. The van der Waals surface area contributed by atoms with Crippen molar-refractivity contribution in [1.82, 2.24) is 19.8 Å². The Labute approximate surface area is 319 Å². The Hall–Kier alpha value is -5.26. The lowest BCUT2D eigenvalue weighted by molar-refractivity contribution is -0.105. The van der Waals surface area contributed by atoms with Crippen molar-refractivity contribution in [3.8, 4) is 18.1 Å². The molecule has 0 spiro atoms. The van der Waals surface area contributed by atoms with E-state index < -0.39 is 40.6 Å². The molecule has 4 saturated heterocycles. The number of nitrogens with zero attached hydrogens (tertiary/aromatic N) is 5. The van der Waals surface area contributed by atoms with Crippen LogP contribution < -0.4 is 5.82 Å². The predicted molar refractivity (Wildman–Crippen MR) is 198 cm³/mol. The van der Waals surface area contributed by atoms with Gasteiger partial charge in [0.1, 0.15) is 48.4 Å². The van der Waals surface area contributed by atoms with E-state index in [1.807, 2.05) is 0 Å². The van der Waals surface area contributed by atoms with E-state index in [0.717, 1.165) is 49.2 Å². The van der Waals surface area contributed by atoms with Crippen LogP contribution in [0.25, 0.3) is 16.3 Å². The van der Waals surface area contributed by atoms with Crippen LogP contribution in [0.5, 0.6) is 5.75 Å². The molecule has 2 aromatic carbocycles. The summed E-state index contributed by atoms with van der Waals surface area (Å²) < 4.78 is 82.3. The number of hydrazine groups is 1. The van der Waals surface area contributed by atoms with Gasteiger partial charge in [-0.1, -0.05) is 12.0 Å². The van der Waals surface area contributed by atoms with Crippen LogP contribution in [0.3, 0.4) is 0 Å². The first-order chi connectivity index (χ1) is 27.0. The first-order valence-corrected chi connectivity index (χ1v) is 19.2. The third kappa shape index (κ3) is 5.23. The van der Waals surface area contributed by atoms with Gasteiger partial charge in [0.05, 0.1) is 28.9 Å². The fourth-order valence-electron chi connectivity index (χ4n) is 10.5. The molecule has 1 aromatic heterocycles. The van der Waals surface area contributed by atoms with E-state index in [1.165, 1.54) is 18.2 Å². The number of terminal acetylenes is 1. The first kappa shape index (κ1) is 35.2. The lowest BCUT2D eigenvalue weighted by Gasteiger charge is -2.57. The van der Waals surface area contributed by atoms with Crippen LogP contribution in [0.4, 0.5) is 17.6 Å². The van der Waals surface area contributed by atoms with Gasteiger partial charge in [0, 0.05) is 53.2 Å². The Balaban J connectivity index is 1.13. The molecule has 0 unspecified atom stereocenters. The molecule has 4 bridgehead atoms. The van der Waals surface area contributed by atoms with Gasteiger partial charge >= 0.3 is 5.82 Å². The Bertz CT molecular complexity index is 2480. The molecule has 11 rings (SSSR count). The van der Waals surface area contributed by atoms with Crippen molar-refractivity contribution in [2.24, 2.45) is 10.9 Å². The van der Waals surface area contributed by atoms with Crippen molar-refractivity contribution in [2.45, 2.75) is 82.6 Å². The highest BCUT2D eigenvalue weighted by Crippen LogP contribution is 2.52. The largest absolute Gasteiger partial charge is 0.519 e. The second-order valence-electron chi connectivity index (χ2n) is 15.8. The summed E-state index contributed by atoms with van der Waals surface area (Å²) in [5.41, 5.74) is 0.655. The summed E-state index contributed by atoms with van der Waals surface area (Å²) in [7, 11) is 0. The van der Waals surface area contributed by atoms with E-state index in [9.17, 15) is 14.3 Å². The Morgan fingerprint density at radius 1 is 1.12 bits per heavy atom. The number of alkyl halides is 1. The third-order valence-electron chi connectivity index (χ3n) is 12.9. The van der Waals surface area contributed by atoms with E-state index in [0.29, 0.717) is 55.1 Å². The first-order valence-electron chi connectivity index (χ1n) is 19.2. The molecule has 10 nitrogen and oxygen atoms in total. The second kappa shape index (κ2) is 12.9. The molecule has 1 aliphatic carbocycles. The van der Waals surface area contributed by atoms with Gasteiger partial charge in [0.25, 0.3) is 0 Å². The summed E-state index contributed by atoms with van der Waals surface area (Å²) in [6, 6.07) is 5.14. The highest BCUT2D eigenvalue weighted by molar-refractivity contribution is 6.05. The number of amidine groups is 1. The Morgan fingerprint density at radius 2 is 1.98 bits per heavy atom. The highest BCUT2D eigenvalue weighted by Gasteiger charge is 2.53. The monoisotopic (exact) mass is 769 g/mol. The Morgan fingerprint density at radius 3 is 2.79 bits per heavy atom. The fraction of sp³-hybridized carbons (Fsp3) is 0.429. The molecule has 7 aliphatic heterocycles. The number of phenols is 1. The number of hydrogen-bond acceptors (Lipinski definition) is 10. The van der Waals surface area contributed by atoms with Crippen LogP contribution >= 0.6 is 0 Å². The quantitative estimate of drug-likeness (QED) is 0.203. The smallest absolute Gasteiger partial charge is 0.508 e. The number of aliphatic imine (C=N–C) groups is 1. The number of aromatic hydroxyl groups is 1. The summed E-state index contributed by atoms with van der Waals surface area (Å²) in [5, 5.41) is 15.5. The molecule has 0 saturated carbocycles. The predicted octanol–water partition coefficient (Wildman–Crippen LogP) is 7.45. The van der Waals surface area contributed by atoms with Crippen LogP contribution in [-0.4, -0.2) is 74.9 Å². The van der Waals surface area contributed by atoms with Crippen molar-refractivity contribution in [1.29, 1.82) is 0 Å². The van der Waals surface area contributed by atoms with Gasteiger partial charge in [-0.25, -0.2) is 32.4 Å². The summed E-state index contributed by atoms with van der Waals surface area (Å²) in [5.74, 6) is -0.0781. The maximum absolute atomic E-state index is 17.8. The van der Waals surface area contributed by atoms with Crippen LogP contribution in [0.15, 0.2) is 83.5 Å². The molecule has 56 heavy (non-hydrogen) atoms. The molecule has 0 radical (unpaired) electrons. The number of rotatable bonds is 6. The minimum Gasteiger partial charge on any atom is -0.508 e. The third-order valence-corrected chi connectivity index (χ3v) is 12.9. The van der Waals surface area contributed by atoms with Crippen LogP contribution in [-0.2, 0) is 11.3 Å². The Kier molecular flexibility index (Phi) is 8.10.